The van der Waals surface area contributed by atoms with E-state index in [9.17, 15) is 4.79 Å². The number of hydrogen-bond donors (Lipinski definition) is 0. The molecule has 1 aromatic carbocycles. The van der Waals surface area contributed by atoms with E-state index in [0.717, 1.165) is 11.8 Å². The molecule has 66 valence electrons. The van der Waals surface area contributed by atoms with Crippen molar-refractivity contribution in [3.05, 3.63) is 34.3 Å². The molecule has 12 heavy (non-hydrogen) atoms. The second kappa shape index (κ2) is 5.78. The van der Waals surface area contributed by atoms with Crippen LogP contribution in [0.25, 0.3) is 0 Å². The first-order valence-corrected chi connectivity index (χ1v) is 4.34. The summed E-state index contributed by atoms with van der Waals surface area (Å²) in [7, 11) is 0. The highest BCUT2D eigenvalue weighted by atomic mass is 35.5. The second-order valence-corrected chi connectivity index (χ2v) is 2.50. The fourth-order valence-corrected chi connectivity index (χ4v) is 1.06. The standard InChI is InChI=1S/C8H7ClO.C2H6/c1-6-3-2-4-8(9)7(6)5-10;1-2/h2-5H,1H3;1-2H3. The van der Waals surface area contributed by atoms with Crippen LogP contribution in [0.2, 0.25) is 5.02 Å². The van der Waals surface area contributed by atoms with Gasteiger partial charge in [0.15, 0.2) is 6.29 Å². The maximum atomic E-state index is 10.4. The quantitative estimate of drug-likeness (QED) is 0.611. The zero-order chi connectivity index (χ0) is 9.56. The summed E-state index contributed by atoms with van der Waals surface area (Å²) in [6.07, 6.45) is 0.775. The third-order valence-corrected chi connectivity index (χ3v) is 1.72. The fourth-order valence-electron chi connectivity index (χ4n) is 0.794. The van der Waals surface area contributed by atoms with Crippen molar-refractivity contribution >= 4 is 17.9 Å². The first kappa shape index (κ1) is 11.2. The minimum atomic E-state index is 0.523. The minimum Gasteiger partial charge on any atom is -0.298 e. The van der Waals surface area contributed by atoms with E-state index in [-0.39, 0.29) is 0 Å². The topological polar surface area (TPSA) is 17.1 Å². The van der Waals surface area contributed by atoms with Gasteiger partial charge in [-0.1, -0.05) is 37.6 Å². The number of hydrogen-bond acceptors (Lipinski definition) is 1. The number of carbonyl (C=O) groups excluding carboxylic acids is 1. The Hall–Kier alpha value is -0.820. The molecular formula is C10H13ClO. The number of benzene rings is 1. The lowest BCUT2D eigenvalue weighted by Gasteiger charge is -1.97. The zero-order valence-electron chi connectivity index (χ0n) is 7.60. The molecule has 0 amide bonds. The average molecular weight is 185 g/mol. The van der Waals surface area contributed by atoms with Crippen molar-refractivity contribution in [2.45, 2.75) is 20.8 Å². The molecule has 2 heteroatoms. The Balaban J connectivity index is 0.000000561. The zero-order valence-corrected chi connectivity index (χ0v) is 8.35. The molecule has 0 radical (unpaired) electrons. The molecule has 0 heterocycles. The lowest BCUT2D eigenvalue weighted by atomic mass is 10.1. The molecule has 0 saturated carbocycles. The summed E-state index contributed by atoms with van der Waals surface area (Å²) in [4.78, 5) is 10.4. The Labute approximate surface area is 78.4 Å². The van der Waals surface area contributed by atoms with Crippen molar-refractivity contribution in [2.24, 2.45) is 0 Å². The van der Waals surface area contributed by atoms with Gasteiger partial charge in [-0.25, -0.2) is 0 Å². The molecule has 0 aliphatic rings. The van der Waals surface area contributed by atoms with Crippen LogP contribution in [0.1, 0.15) is 29.8 Å². The van der Waals surface area contributed by atoms with Gasteiger partial charge in [0.25, 0.3) is 0 Å². The largest absolute Gasteiger partial charge is 0.298 e. The summed E-state index contributed by atoms with van der Waals surface area (Å²) < 4.78 is 0. The number of rotatable bonds is 1. The number of aryl methyl sites for hydroxylation is 1. The van der Waals surface area contributed by atoms with Gasteiger partial charge in [0.1, 0.15) is 0 Å². The predicted octanol–water partition coefficient (Wildman–Crippen LogP) is 3.49. The molecular weight excluding hydrogens is 172 g/mol. The van der Waals surface area contributed by atoms with Crippen molar-refractivity contribution in [1.29, 1.82) is 0 Å². The summed E-state index contributed by atoms with van der Waals surface area (Å²) in [6, 6.07) is 5.39. The Bertz CT molecular complexity index is 236. The molecule has 0 atom stereocenters. The third-order valence-electron chi connectivity index (χ3n) is 1.39. The number of aldehydes is 1. The summed E-state index contributed by atoms with van der Waals surface area (Å²) in [5, 5.41) is 0.523. The van der Waals surface area contributed by atoms with Crippen LogP contribution in [0.15, 0.2) is 18.2 Å². The van der Waals surface area contributed by atoms with E-state index < -0.39 is 0 Å². The van der Waals surface area contributed by atoms with Gasteiger partial charge in [-0.05, 0) is 18.6 Å². The van der Waals surface area contributed by atoms with Gasteiger partial charge < -0.3 is 0 Å². The second-order valence-electron chi connectivity index (χ2n) is 2.09. The van der Waals surface area contributed by atoms with E-state index in [4.69, 9.17) is 11.6 Å². The molecule has 1 nitrogen and oxygen atoms in total. The van der Waals surface area contributed by atoms with E-state index in [2.05, 4.69) is 0 Å². The smallest absolute Gasteiger partial charge is 0.151 e. The van der Waals surface area contributed by atoms with Crippen molar-refractivity contribution < 1.29 is 4.79 Å². The Morgan fingerprint density at radius 1 is 1.33 bits per heavy atom. The van der Waals surface area contributed by atoms with E-state index >= 15 is 0 Å². The average Bonchev–Trinajstić information content (AvgIpc) is 2.08. The lowest BCUT2D eigenvalue weighted by Crippen LogP contribution is -1.85. The molecule has 0 fully saturated rings. The fraction of sp³-hybridized carbons (Fsp3) is 0.300. The summed E-state index contributed by atoms with van der Waals surface area (Å²) in [5.74, 6) is 0. The van der Waals surface area contributed by atoms with Gasteiger partial charge >= 0.3 is 0 Å². The Morgan fingerprint density at radius 3 is 2.25 bits per heavy atom. The summed E-state index contributed by atoms with van der Waals surface area (Å²) in [5.41, 5.74) is 1.51. The molecule has 0 N–H and O–H groups in total. The van der Waals surface area contributed by atoms with Crippen LogP contribution in [0.5, 0.6) is 0 Å². The summed E-state index contributed by atoms with van der Waals surface area (Å²) in [6.45, 7) is 5.86. The minimum absolute atomic E-state index is 0.523. The highest BCUT2D eigenvalue weighted by Gasteiger charge is 1.99. The van der Waals surface area contributed by atoms with E-state index in [1.165, 1.54) is 0 Å². The maximum Gasteiger partial charge on any atom is 0.151 e. The monoisotopic (exact) mass is 184 g/mol. The van der Waals surface area contributed by atoms with Crippen LogP contribution < -0.4 is 0 Å². The van der Waals surface area contributed by atoms with Crippen molar-refractivity contribution in [3.63, 3.8) is 0 Å². The van der Waals surface area contributed by atoms with Crippen LogP contribution in [0.3, 0.4) is 0 Å². The third kappa shape index (κ3) is 2.67. The van der Waals surface area contributed by atoms with E-state index in [0.29, 0.717) is 10.6 Å². The van der Waals surface area contributed by atoms with Gasteiger partial charge in [0.2, 0.25) is 0 Å². The molecule has 0 aliphatic heterocycles. The maximum absolute atomic E-state index is 10.4. The van der Waals surface area contributed by atoms with Gasteiger partial charge in [0.05, 0.1) is 5.02 Å². The highest BCUT2D eigenvalue weighted by Crippen LogP contribution is 2.16. The lowest BCUT2D eigenvalue weighted by molar-refractivity contribution is 0.112. The van der Waals surface area contributed by atoms with E-state index in [1.54, 1.807) is 6.07 Å². The van der Waals surface area contributed by atoms with Crippen molar-refractivity contribution in [2.75, 3.05) is 0 Å². The molecule has 1 aromatic rings. The molecule has 0 spiro atoms. The van der Waals surface area contributed by atoms with Crippen LogP contribution in [-0.4, -0.2) is 6.29 Å². The van der Waals surface area contributed by atoms with Crippen LogP contribution in [0, 0.1) is 6.92 Å². The number of carbonyl (C=O) groups is 1. The molecule has 0 saturated heterocycles. The summed E-state index contributed by atoms with van der Waals surface area (Å²) >= 11 is 5.70. The molecule has 1 rings (SSSR count). The predicted molar refractivity (Wildman–Crippen MR) is 52.9 cm³/mol. The highest BCUT2D eigenvalue weighted by molar-refractivity contribution is 6.33. The first-order chi connectivity index (χ1) is 5.75. The molecule has 0 aromatic heterocycles. The van der Waals surface area contributed by atoms with Gasteiger partial charge in [0, 0.05) is 5.56 Å². The van der Waals surface area contributed by atoms with Crippen LogP contribution in [-0.2, 0) is 0 Å². The Morgan fingerprint density at radius 2 is 1.92 bits per heavy atom. The van der Waals surface area contributed by atoms with Crippen LogP contribution >= 0.6 is 11.6 Å². The van der Waals surface area contributed by atoms with Crippen molar-refractivity contribution in [3.8, 4) is 0 Å². The molecule has 0 bridgehead atoms. The van der Waals surface area contributed by atoms with Gasteiger partial charge in [-0.3, -0.25) is 4.79 Å². The van der Waals surface area contributed by atoms with Gasteiger partial charge in [-0.2, -0.15) is 0 Å². The molecule has 0 aliphatic carbocycles. The van der Waals surface area contributed by atoms with Crippen LogP contribution in [0.4, 0.5) is 0 Å². The van der Waals surface area contributed by atoms with E-state index in [1.807, 2.05) is 32.9 Å². The van der Waals surface area contributed by atoms with Gasteiger partial charge in [-0.15, -0.1) is 0 Å². The Kier molecular flexibility index (Phi) is 5.39. The molecule has 0 unspecified atom stereocenters. The SMILES string of the molecule is CC.Cc1cccc(Cl)c1C=O. The first-order valence-electron chi connectivity index (χ1n) is 3.96. The normalized spacial score (nSPS) is 8.33. The van der Waals surface area contributed by atoms with Crippen molar-refractivity contribution in [1.82, 2.24) is 0 Å². The number of halogens is 1.